The average Bonchev–Trinajstić information content (AvgIpc) is 2.72. The third-order valence-electron chi connectivity index (χ3n) is 4.56. The Morgan fingerprint density at radius 2 is 1.47 bits per heavy atom. The minimum absolute atomic E-state index is 0.998. The Morgan fingerprint density at radius 3 is 1.90 bits per heavy atom. The van der Waals surface area contributed by atoms with E-state index in [1.54, 1.807) is 0 Å². The molecule has 1 N–H and O–H groups in total. The van der Waals surface area contributed by atoms with Crippen LogP contribution in [-0.2, 0) is 0 Å². The van der Waals surface area contributed by atoms with E-state index in [2.05, 4.69) is 94.7 Å². The van der Waals surface area contributed by atoms with Crippen molar-refractivity contribution < 1.29 is 0 Å². The first-order chi connectivity index (χ1) is 14.2. The van der Waals surface area contributed by atoms with Crippen LogP contribution >= 0.6 is 0 Å². The SMILES string of the molecule is C=C/C(C)=C\C(N=C(C)c1ccc(NC)cc1)=C(C)C.C=Cc1cc(C)cc(C)c1. The third kappa shape index (κ3) is 8.48. The maximum absolute atomic E-state index is 4.74. The minimum atomic E-state index is 0.998. The molecule has 0 aliphatic heterocycles. The van der Waals surface area contributed by atoms with Crippen LogP contribution in [0.15, 0.2) is 89.6 Å². The molecule has 0 amide bonds. The second-order valence-corrected chi connectivity index (χ2v) is 7.63. The maximum Gasteiger partial charge on any atom is 0.0622 e. The highest BCUT2D eigenvalue weighted by Gasteiger charge is 2.00. The number of allylic oxidation sites excluding steroid dienone is 4. The van der Waals surface area contributed by atoms with Crippen molar-refractivity contribution in [1.82, 2.24) is 0 Å². The quantitative estimate of drug-likeness (QED) is 0.386. The number of benzene rings is 2. The molecule has 0 heterocycles. The van der Waals surface area contributed by atoms with Crippen molar-refractivity contribution in [2.24, 2.45) is 4.99 Å². The summed E-state index contributed by atoms with van der Waals surface area (Å²) >= 11 is 0. The highest BCUT2D eigenvalue weighted by Crippen LogP contribution is 2.15. The summed E-state index contributed by atoms with van der Waals surface area (Å²) in [7, 11) is 1.92. The van der Waals surface area contributed by atoms with Crippen LogP contribution < -0.4 is 5.32 Å². The largest absolute Gasteiger partial charge is 0.388 e. The van der Waals surface area contributed by atoms with Gasteiger partial charge in [-0.3, -0.25) is 4.99 Å². The van der Waals surface area contributed by atoms with Gasteiger partial charge in [-0.1, -0.05) is 72.3 Å². The number of aryl methyl sites for hydroxylation is 2. The first kappa shape index (κ1) is 24.9. The zero-order valence-electron chi connectivity index (χ0n) is 19.6. The van der Waals surface area contributed by atoms with Gasteiger partial charge in [0.15, 0.2) is 0 Å². The van der Waals surface area contributed by atoms with E-state index in [4.69, 9.17) is 4.99 Å². The molecule has 0 radical (unpaired) electrons. The second-order valence-electron chi connectivity index (χ2n) is 7.63. The van der Waals surface area contributed by atoms with Crippen molar-refractivity contribution in [2.45, 2.75) is 41.5 Å². The summed E-state index contributed by atoms with van der Waals surface area (Å²) in [5.41, 5.74) is 10.4. The zero-order chi connectivity index (χ0) is 22.7. The van der Waals surface area contributed by atoms with Gasteiger partial charge < -0.3 is 5.32 Å². The van der Waals surface area contributed by atoms with Crippen LogP contribution in [0, 0.1) is 13.8 Å². The van der Waals surface area contributed by atoms with E-state index in [-0.39, 0.29) is 0 Å². The Morgan fingerprint density at radius 1 is 0.900 bits per heavy atom. The number of aliphatic imine (C=N–C) groups is 1. The molecule has 0 saturated carbocycles. The van der Waals surface area contributed by atoms with Gasteiger partial charge in [-0.25, -0.2) is 0 Å². The molecule has 158 valence electrons. The summed E-state index contributed by atoms with van der Waals surface area (Å²) in [5.74, 6) is 0. The van der Waals surface area contributed by atoms with Crippen molar-refractivity contribution in [3.05, 3.63) is 107 Å². The number of hydrogen-bond donors (Lipinski definition) is 1. The summed E-state index contributed by atoms with van der Waals surface area (Å²) < 4.78 is 0. The van der Waals surface area contributed by atoms with Crippen LogP contribution in [0.5, 0.6) is 0 Å². The predicted octanol–water partition coefficient (Wildman–Crippen LogP) is 7.91. The topological polar surface area (TPSA) is 24.4 Å². The fourth-order valence-corrected chi connectivity index (χ4v) is 2.81. The lowest BCUT2D eigenvalue weighted by Gasteiger charge is -2.06. The molecule has 0 aliphatic carbocycles. The van der Waals surface area contributed by atoms with Crippen LogP contribution in [0.25, 0.3) is 6.08 Å². The molecule has 30 heavy (non-hydrogen) atoms. The van der Waals surface area contributed by atoms with Crippen LogP contribution in [0.1, 0.15) is 49.9 Å². The maximum atomic E-state index is 4.74. The van der Waals surface area contributed by atoms with Gasteiger partial charge in [0.1, 0.15) is 0 Å². The molecular weight excluding hydrogens is 364 g/mol. The van der Waals surface area contributed by atoms with Crippen LogP contribution in [0.2, 0.25) is 0 Å². The van der Waals surface area contributed by atoms with E-state index in [1.165, 1.54) is 22.3 Å². The number of nitrogens with zero attached hydrogens (tertiary/aromatic N) is 1. The number of hydrogen-bond acceptors (Lipinski definition) is 2. The van der Waals surface area contributed by atoms with E-state index in [0.717, 1.165) is 28.2 Å². The molecule has 0 unspecified atom stereocenters. The molecule has 2 heteroatoms. The zero-order valence-corrected chi connectivity index (χ0v) is 19.6. The molecule has 0 saturated heterocycles. The van der Waals surface area contributed by atoms with Crippen LogP contribution in [0.4, 0.5) is 5.69 Å². The van der Waals surface area contributed by atoms with Crippen molar-refractivity contribution in [1.29, 1.82) is 0 Å². The molecule has 0 atom stereocenters. The highest BCUT2D eigenvalue weighted by atomic mass is 14.8. The van der Waals surface area contributed by atoms with Gasteiger partial charge in [-0.05, 0) is 76.5 Å². The molecule has 2 aromatic carbocycles. The van der Waals surface area contributed by atoms with Crippen LogP contribution in [0.3, 0.4) is 0 Å². The summed E-state index contributed by atoms with van der Waals surface area (Å²) in [6.45, 7) is 19.9. The van der Waals surface area contributed by atoms with Crippen molar-refractivity contribution in [3.8, 4) is 0 Å². The number of anilines is 1. The molecule has 2 aromatic rings. The van der Waals surface area contributed by atoms with Gasteiger partial charge in [0.2, 0.25) is 0 Å². The van der Waals surface area contributed by atoms with Gasteiger partial charge in [0, 0.05) is 18.4 Å². The van der Waals surface area contributed by atoms with Gasteiger partial charge in [0.05, 0.1) is 5.70 Å². The molecule has 2 nitrogen and oxygen atoms in total. The lowest BCUT2D eigenvalue weighted by molar-refractivity contribution is 1.23. The molecule has 0 bridgehead atoms. The van der Waals surface area contributed by atoms with Crippen molar-refractivity contribution in [2.75, 3.05) is 12.4 Å². The summed E-state index contributed by atoms with van der Waals surface area (Å²) in [5, 5.41) is 3.12. The molecule has 0 spiro atoms. The molecule has 0 aliphatic rings. The van der Waals surface area contributed by atoms with Gasteiger partial charge in [-0.2, -0.15) is 0 Å². The van der Waals surface area contributed by atoms with E-state index in [9.17, 15) is 0 Å². The van der Waals surface area contributed by atoms with E-state index >= 15 is 0 Å². The Kier molecular flexibility index (Phi) is 10.3. The first-order valence-electron chi connectivity index (χ1n) is 10.2. The summed E-state index contributed by atoms with van der Waals surface area (Å²) in [6, 6.07) is 14.7. The number of rotatable bonds is 6. The molecule has 2 rings (SSSR count). The smallest absolute Gasteiger partial charge is 0.0622 e. The molecule has 0 fully saturated rings. The fraction of sp³-hybridized carbons (Fsp3) is 0.250. The Labute approximate surface area is 183 Å². The highest BCUT2D eigenvalue weighted by molar-refractivity contribution is 5.99. The van der Waals surface area contributed by atoms with Gasteiger partial charge in [-0.15, -0.1) is 0 Å². The van der Waals surface area contributed by atoms with Crippen molar-refractivity contribution >= 4 is 17.5 Å². The van der Waals surface area contributed by atoms with E-state index < -0.39 is 0 Å². The van der Waals surface area contributed by atoms with E-state index in [1.807, 2.05) is 33.0 Å². The number of nitrogens with one attached hydrogen (secondary N) is 1. The van der Waals surface area contributed by atoms with Crippen LogP contribution in [-0.4, -0.2) is 12.8 Å². The normalized spacial score (nSPS) is 11.2. The third-order valence-corrected chi connectivity index (χ3v) is 4.56. The minimum Gasteiger partial charge on any atom is -0.388 e. The monoisotopic (exact) mass is 400 g/mol. The lowest BCUT2D eigenvalue weighted by atomic mass is 10.1. The Balaban J connectivity index is 0.000000375. The van der Waals surface area contributed by atoms with Gasteiger partial charge in [0.25, 0.3) is 0 Å². The van der Waals surface area contributed by atoms with E-state index in [0.29, 0.717) is 0 Å². The Hall–Kier alpha value is -3.13. The van der Waals surface area contributed by atoms with Crippen molar-refractivity contribution in [3.63, 3.8) is 0 Å². The summed E-state index contributed by atoms with van der Waals surface area (Å²) in [4.78, 5) is 4.74. The average molecular weight is 401 g/mol. The second kappa shape index (κ2) is 12.4. The standard InChI is InChI=1S/C18H24N2.C10H12/c1-7-14(4)12-18(13(2)3)20-15(5)16-8-10-17(19-6)11-9-16;1-4-10-6-8(2)5-9(3)7-10/h7-12,19H,1H2,2-6H3;4-7H,1H2,2-3H3/b14-12-,20-15?;. The predicted molar refractivity (Wildman–Crippen MR) is 137 cm³/mol. The Bertz CT molecular complexity index is 930. The molecule has 0 aromatic heterocycles. The fourth-order valence-electron chi connectivity index (χ4n) is 2.81. The van der Waals surface area contributed by atoms with Gasteiger partial charge >= 0.3 is 0 Å². The lowest BCUT2D eigenvalue weighted by Crippen LogP contribution is -1.97. The summed E-state index contributed by atoms with van der Waals surface area (Å²) in [6.07, 6.45) is 5.78. The molecular formula is C28H36N2. The first-order valence-corrected chi connectivity index (χ1v) is 10.2.